The molecule has 3 aromatic carbocycles. The zero-order valence-corrected chi connectivity index (χ0v) is 16.4. The highest BCUT2D eigenvalue weighted by Crippen LogP contribution is 2.26. The second kappa shape index (κ2) is 9.55. The summed E-state index contributed by atoms with van der Waals surface area (Å²) in [4.78, 5) is 24.5. The van der Waals surface area contributed by atoms with Crippen molar-refractivity contribution in [2.24, 2.45) is 0 Å². The van der Waals surface area contributed by atoms with Gasteiger partial charge in [0.2, 0.25) is 0 Å². The quantitative estimate of drug-likeness (QED) is 0.587. The van der Waals surface area contributed by atoms with Crippen molar-refractivity contribution in [1.29, 1.82) is 0 Å². The summed E-state index contributed by atoms with van der Waals surface area (Å²) in [5.74, 6) is 0.439. The first-order valence-electron chi connectivity index (χ1n) is 9.29. The Morgan fingerprint density at radius 3 is 2.00 bits per heavy atom. The Morgan fingerprint density at radius 2 is 1.48 bits per heavy atom. The SMILES string of the molecule is COc1ccc(C(C)=O)c(OCC(=O)NC(c2ccccc2)c2ccccc2)c1. The van der Waals surface area contributed by atoms with Crippen molar-refractivity contribution in [3.05, 3.63) is 95.6 Å². The molecule has 0 radical (unpaired) electrons. The number of benzene rings is 3. The van der Waals surface area contributed by atoms with Gasteiger partial charge < -0.3 is 14.8 Å². The monoisotopic (exact) mass is 389 g/mol. The molecular weight excluding hydrogens is 366 g/mol. The fourth-order valence-electron chi connectivity index (χ4n) is 3.04. The minimum Gasteiger partial charge on any atom is -0.497 e. The third-order valence-electron chi connectivity index (χ3n) is 4.50. The third kappa shape index (κ3) is 5.23. The summed E-state index contributed by atoms with van der Waals surface area (Å²) in [6.45, 7) is 1.24. The van der Waals surface area contributed by atoms with E-state index in [1.807, 2.05) is 60.7 Å². The van der Waals surface area contributed by atoms with Crippen LogP contribution in [0.2, 0.25) is 0 Å². The maximum Gasteiger partial charge on any atom is 0.258 e. The fourth-order valence-corrected chi connectivity index (χ4v) is 3.04. The number of amides is 1. The number of ketones is 1. The molecule has 0 aliphatic heterocycles. The first kappa shape index (κ1) is 20.1. The molecule has 0 unspecified atom stereocenters. The lowest BCUT2D eigenvalue weighted by molar-refractivity contribution is -0.123. The summed E-state index contributed by atoms with van der Waals surface area (Å²) in [5.41, 5.74) is 2.34. The molecule has 0 aliphatic carbocycles. The largest absolute Gasteiger partial charge is 0.497 e. The summed E-state index contributed by atoms with van der Waals surface area (Å²) < 4.78 is 10.8. The van der Waals surface area contributed by atoms with Crippen molar-refractivity contribution in [3.8, 4) is 11.5 Å². The number of hydrogen-bond acceptors (Lipinski definition) is 4. The minimum absolute atomic E-state index is 0.144. The van der Waals surface area contributed by atoms with Crippen LogP contribution in [0.4, 0.5) is 0 Å². The number of hydrogen-bond donors (Lipinski definition) is 1. The summed E-state index contributed by atoms with van der Waals surface area (Å²) >= 11 is 0. The lowest BCUT2D eigenvalue weighted by Gasteiger charge is -2.20. The van der Waals surface area contributed by atoms with Crippen LogP contribution >= 0.6 is 0 Å². The Labute approximate surface area is 170 Å². The van der Waals surface area contributed by atoms with E-state index in [1.165, 1.54) is 14.0 Å². The van der Waals surface area contributed by atoms with Crippen molar-refractivity contribution >= 4 is 11.7 Å². The molecule has 0 heterocycles. The number of nitrogens with one attached hydrogen (secondary N) is 1. The van der Waals surface area contributed by atoms with Crippen LogP contribution in [0.3, 0.4) is 0 Å². The van der Waals surface area contributed by atoms with E-state index in [9.17, 15) is 9.59 Å². The molecule has 3 rings (SSSR count). The van der Waals surface area contributed by atoms with Crippen molar-refractivity contribution < 1.29 is 19.1 Å². The second-order valence-electron chi connectivity index (χ2n) is 6.53. The molecule has 0 saturated heterocycles. The standard InChI is InChI=1S/C24H23NO4/c1-17(26)21-14-13-20(28-2)15-22(21)29-16-23(27)25-24(18-9-5-3-6-10-18)19-11-7-4-8-12-19/h3-15,24H,16H2,1-2H3,(H,25,27). The van der Waals surface area contributed by atoms with Gasteiger partial charge in [-0.15, -0.1) is 0 Å². The third-order valence-corrected chi connectivity index (χ3v) is 4.50. The van der Waals surface area contributed by atoms with E-state index in [1.54, 1.807) is 18.2 Å². The van der Waals surface area contributed by atoms with Gasteiger partial charge in [0, 0.05) is 6.07 Å². The van der Waals surface area contributed by atoms with E-state index in [2.05, 4.69) is 5.32 Å². The molecule has 0 spiro atoms. The lowest BCUT2D eigenvalue weighted by Crippen LogP contribution is -2.33. The number of methoxy groups -OCH3 is 1. The van der Waals surface area contributed by atoms with Gasteiger partial charge in [0.15, 0.2) is 12.4 Å². The summed E-state index contributed by atoms with van der Waals surface area (Å²) in [5, 5.41) is 3.02. The number of carbonyl (C=O) groups excluding carboxylic acids is 2. The molecule has 1 N–H and O–H groups in total. The smallest absolute Gasteiger partial charge is 0.258 e. The van der Waals surface area contributed by atoms with Crippen LogP contribution < -0.4 is 14.8 Å². The Bertz CT molecular complexity index is 931. The van der Waals surface area contributed by atoms with Gasteiger partial charge in [0.25, 0.3) is 5.91 Å². The van der Waals surface area contributed by atoms with E-state index >= 15 is 0 Å². The molecule has 148 valence electrons. The second-order valence-corrected chi connectivity index (χ2v) is 6.53. The van der Waals surface area contributed by atoms with Crippen molar-refractivity contribution in [2.45, 2.75) is 13.0 Å². The first-order valence-corrected chi connectivity index (χ1v) is 9.29. The molecule has 5 heteroatoms. The molecule has 29 heavy (non-hydrogen) atoms. The van der Waals surface area contributed by atoms with Crippen LogP contribution in [0.1, 0.15) is 34.5 Å². The maximum absolute atomic E-state index is 12.7. The van der Waals surface area contributed by atoms with Gasteiger partial charge in [-0.3, -0.25) is 9.59 Å². The Morgan fingerprint density at radius 1 is 0.897 bits per heavy atom. The lowest BCUT2D eigenvalue weighted by atomic mass is 9.99. The Balaban J connectivity index is 1.76. The first-order chi connectivity index (χ1) is 14.1. The van der Waals surface area contributed by atoms with Gasteiger partial charge >= 0.3 is 0 Å². The number of rotatable bonds is 8. The predicted octanol–water partition coefficient (Wildman–Crippen LogP) is 4.18. The normalized spacial score (nSPS) is 10.4. The molecule has 3 aromatic rings. The van der Waals surface area contributed by atoms with Crippen LogP contribution in [0.25, 0.3) is 0 Å². The van der Waals surface area contributed by atoms with E-state index in [0.717, 1.165) is 11.1 Å². The molecular formula is C24H23NO4. The molecule has 0 aromatic heterocycles. The van der Waals surface area contributed by atoms with Crippen molar-refractivity contribution in [2.75, 3.05) is 13.7 Å². The summed E-state index contributed by atoms with van der Waals surface area (Å²) in [7, 11) is 1.53. The molecule has 0 aliphatic rings. The molecule has 1 amide bonds. The topological polar surface area (TPSA) is 64.6 Å². The highest BCUT2D eigenvalue weighted by Gasteiger charge is 2.18. The van der Waals surface area contributed by atoms with Crippen LogP contribution in [-0.2, 0) is 4.79 Å². The van der Waals surface area contributed by atoms with Gasteiger partial charge in [-0.1, -0.05) is 60.7 Å². The molecule has 0 bridgehead atoms. The van der Waals surface area contributed by atoms with E-state index in [0.29, 0.717) is 17.1 Å². The highest BCUT2D eigenvalue weighted by molar-refractivity contribution is 5.97. The molecule has 0 atom stereocenters. The van der Waals surface area contributed by atoms with E-state index in [4.69, 9.17) is 9.47 Å². The van der Waals surface area contributed by atoms with Gasteiger partial charge in [-0.05, 0) is 30.2 Å². The van der Waals surface area contributed by atoms with E-state index in [-0.39, 0.29) is 24.3 Å². The maximum atomic E-state index is 12.7. The highest BCUT2D eigenvalue weighted by atomic mass is 16.5. The number of Topliss-reactive ketones (excluding diaryl/α,β-unsaturated/α-hetero) is 1. The van der Waals surface area contributed by atoms with Crippen molar-refractivity contribution in [1.82, 2.24) is 5.32 Å². The van der Waals surface area contributed by atoms with Gasteiger partial charge in [0.1, 0.15) is 11.5 Å². The molecule has 0 fully saturated rings. The molecule has 0 saturated carbocycles. The average molecular weight is 389 g/mol. The van der Waals surface area contributed by atoms with Gasteiger partial charge in [-0.25, -0.2) is 0 Å². The minimum atomic E-state index is -0.300. The zero-order chi connectivity index (χ0) is 20.6. The summed E-state index contributed by atoms with van der Waals surface area (Å²) in [6, 6.07) is 24.1. The van der Waals surface area contributed by atoms with Crippen LogP contribution in [0.15, 0.2) is 78.9 Å². The van der Waals surface area contributed by atoms with Crippen LogP contribution in [-0.4, -0.2) is 25.4 Å². The van der Waals surface area contributed by atoms with Gasteiger partial charge in [0.05, 0.1) is 18.7 Å². The van der Waals surface area contributed by atoms with Crippen molar-refractivity contribution in [3.63, 3.8) is 0 Å². The van der Waals surface area contributed by atoms with Crippen LogP contribution in [0, 0.1) is 0 Å². The van der Waals surface area contributed by atoms with Gasteiger partial charge in [-0.2, -0.15) is 0 Å². The fraction of sp³-hybridized carbons (Fsp3) is 0.167. The van der Waals surface area contributed by atoms with E-state index < -0.39 is 0 Å². The predicted molar refractivity (Wildman–Crippen MR) is 111 cm³/mol. The summed E-state index contributed by atoms with van der Waals surface area (Å²) in [6.07, 6.45) is 0. The zero-order valence-electron chi connectivity index (χ0n) is 16.4. The van der Waals surface area contributed by atoms with Crippen LogP contribution in [0.5, 0.6) is 11.5 Å². The Hall–Kier alpha value is -3.60. The number of ether oxygens (including phenoxy) is 2. The Kier molecular flexibility index (Phi) is 6.63. The molecule has 5 nitrogen and oxygen atoms in total. The average Bonchev–Trinajstić information content (AvgIpc) is 2.76. The number of carbonyl (C=O) groups is 2.